The molecule has 10 heteroatoms. The van der Waals surface area contributed by atoms with Crippen molar-refractivity contribution in [1.82, 2.24) is 15.4 Å². The maximum atomic E-state index is 12.2. The minimum absolute atomic E-state index is 0.0600. The van der Waals surface area contributed by atoms with Gasteiger partial charge in [0.2, 0.25) is 10.0 Å². The van der Waals surface area contributed by atoms with Crippen LogP contribution in [0.25, 0.3) is 0 Å². The molecule has 30 heavy (non-hydrogen) atoms. The van der Waals surface area contributed by atoms with Gasteiger partial charge in [-0.15, -0.1) is 0 Å². The predicted molar refractivity (Wildman–Crippen MR) is 113 cm³/mol. The number of hydrogen-bond acceptors (Lipinski definition) is 6. The number of ether oxygens (including phenoxy) is 3. The maximum absolute atomic E-state index is 12.2. The van der Waals surface area contributed by atoms with E-state index < -0.39 is 16.1 Å². The lowest BCUT2D eigenvalue weighted by Gasteiger charge is -2.10. The highest BCUT2D eigenvalue weighted by atomic mass is 32.2. The third kappa shape index (κ3) is 7.80. The van der Waals surface area contributed by atoms with Gasteiger partial charge in [0.1, 0.15) is 23.9 Å². The molecule has 0 fully saturated rings. The standard InChI is InChI=1S/C20H27N3O6S/c1-3-28-17-4-6-18(7-5-17)29-15-14-22-20(24)21-12-13-23-30(25,26)19-10-8-16(27-2)9-11-19/h4-11,23H,3,12-15H2,1-2H3,(H2,21,22,24). The van der Waals surface area contributed by atoms with Crippen LogP contribution in [-0.2, 0) is 10.0 Å². The molecule has 0 saturated carbocycles. The topological polar surface area (TPSA) is 115 Å². The lowest BCUT2D eigenvalue weighted by Crippen LogP contribution is -2.41. The van der Waals surface area contributed by atoms with Crippen molar-refractivity contribution < 1.29 is 27.4 Å². The number of nitrogens with one attached hydrogen (secondary N) is 3. The summed E-state index contributed by atoms with van der Waals surface area (Å²) >= 11 is 0. The second kappa shape index (κ2) is 11.9. The summed E-state index contributed by atoms with van der Waals surface area (Å²) in [6.45, 7) is 3.31. The van der Waals surface area contributed by atoms with E-state index in [1.54, 1.807) is 24.3 Å². The number of sulfonamides is 1. The molecule has 164 valence electrons. The smallest absolute Gasteiger partial charge is 0.314 e. The maximum Gasteiger partial charge on any atom is 0.314 e. The summed E-state index contributed by atoms with van der Waals surface area (Å²) in [5.74, 6) is 2.01. The molecule has 0 spiro atoms. The Morgan fingerprint density at radius 3 is 2.00 bits per heavy atom. The fourth-order valence-corrected chi connectivity index (χ4v) is 3.43. The van der Waals surface area contributed by atoms with E-state index in [1.165, 1.54) is 19.2 Å². The molecule has 0 atom stereocenters. The number of methoxy groups -OCH3 is 1. The van der Waals surface area contributed by atoms with Gasteiger partial charge >= 0.3 is 6.03 Å². The van der Waals surface area contributed by atoms with Crippen LogP contribution in [0.3, 0.4) is 0 Å². The van der Waals surface area contributed by atoms with Gasteiger partial charge in [0.15, 0.2) is 0 Å². The van der Waals surface area contributed by atoms with Crippen LogP contribution in [0.15, 0.2) is 53.4 Å². The van der Waals surface area contributed by atoms with Crippen molar-refractivity contribution in [3.63, 3.8) is 0 Å². The summed E-state index contributed by atoms with van der Waals surface area (Å²) in [4.78, 5) is 11.9. The van der Waals surface area contributed by atoms with Gasteiger partial charge < -0.3 is 24.8 Å². The van der Waals surface area contributed by atoms with Gasteiger partial charge in [0.05, 0.1) is 25.2 Å². The molecule has 0 aliphatic heterocycles. The van der Waals surface area contributed by atoms with E-state index in [4.69, 9.17) is 14.2 Å². The molecule has 0 bridgehead atoms. The molecule has 3 N–H and O–H groups in total. The van der Waals surface area contributed by atoms with Crippen LogP contribution < -0.4 is 29.6 Å². The molecule has 0 heterocycles. The predicted octanol–water partition coefficient (Wildman–Crippen LogP) is 1.75. The van der Waals surface area contributed by atoms with E-state index >= 15 is 0 Å². The van der Waals surface area contributed by atoms with Crippen molar-refractivity contribution in [1.29, 1.82) is 0 Å². The molecule has 2 aromatic rings. The molecule has 0 aromatic heterocycles. The number of amides is 2. The molecule has 2 rings (SSSR count). The first-order valence-electron chi connectivity index (χ1n) is 9.45. The molecule has 2 aromatic carbocycles. The average molecular weight is 438 g/mol. The van der Waals surface area contributed by atoms with Gasteiger partial charge in [-0.25, -0.2) is 17.9 Å². The zero-order valence-electron chi connectivity index (χ0n) is 17.0. The number of carbonyl (C=O) groups excluding carboxylic acids is 1. The first-order chi connectivity index (χ1) is 14.4. The number of carbonyl (C=O) groups is 1. The fraction of sp³-hybridized carbons (Fsp3) is 0.350. The summed E-state index contributed by atoms with van der Waals surface area (Å²) in [5, 5.41) is 5.21. The summed E-state index contributed by atoms with van der Waals surface area (Å²) in [7, 11) is -2.14. The minimum Gasteiger partial charge on any atom is -0.497 e. The Balaban J connectivity index is 1.60. The van der Waals surface area contributed by atoms with Crippen LogP contribution in [0.5, 0.6) is 17.2 Å². The molecule has 9 nitrogen and oxygen atoms in total. The van der Waals surface area contributed by atoms with Gasteiger partial charge in [-0.1, -0.05) is 0 Å². The van der Waals surface area contributed by atoms with Crippen molar-refractivity contribution in [2.45, 2.75) is 11.8 Å². The van der Waals surface area contributed by atoms with Crippen LogP contribution in [0.2, 0.25) is 0 Å². The first-order valence-corrected chi connectivity index (χ1v) is 10.9. The molecule has 0 radical (unpaired) electrons. The number of rotatable bonds is 12. The minimum atomic E-state index is -3.65. The average Bonchev–Trinajstić information content (AvgIpc) is 2.75. The SMILES string of the molecule is CCOc1ccc(OCCNC(=O)NCCNS(=O)(=O)c2ccc(OC)cc2)cc1. The Morgan fingerprint density at radius 1 is 0.833 bits per heavy atom. The van der Waals surface area contributed by atoms with Crippen molar-refractivity contribution in [3.8, 4) is 17.2 Å². The van der Waals surface area contributed by atoms with E-state index in [-0.39, 0.29) is 18.0 Å². The zero-order valence-corrected chi connectivity index (χ0v) is 17.8. The summed E-state index contributed by atoms with van der Waals surface area (Å²) in [6, 6.07) is 12.8. The van der Waals surface area contributed by atoms with Gasteiger partial charge in [0.25, 0.3) is 0 Å². The van der Waals surface area contributed by atoms with E-state index in [9.17, 15) is 13.2 Å². The summed E-state index contributed by atoms with van der Waals surface area (Å²) in [6.07, 6.45) is 0. The Bertz CT molecular complexity index is 886. The zero-order chi connectivity index (χ0) is 21.8. The Hall–Kier alpha value is -2.98. The molecular weight excluding hydrogens is 410 g/mol. The van der Waals surface area contributed by atoms with Crippen LogP contribution in [-0.4, -0.2) is 54.4 Å². The van der Waals surface area contributed by atoms with Crippen molar-refractivity contribution in [2.75, 3.05) is 40.0 Å². The van der Waals surface area contributed by atoms with Gasteiger partial charge in [0, 0.05) is 13.1 Å². The van der Waals surface area contributed by atoms with Crippen molar-refractivity contribution in [2.24, 2.45) is 0 Å². The largest absolute Gasteiger partial charge is 0.497 e. The van der Waals surface area contributed by atoms with Crippen LogP contribution in [0.4, 0.5) is 4.79 Å². The summed E-state index contributed by atoms with van der Waals surface area (Å²) in [5.41, 5.74) is 0. The molecule has 0 unspecified atom stereocenters. The third-order valence-electron chi connectivity index (χ3n) is 3.86. The van der Waals surface area contributed by atoms with E-state index in [2.05, 4.69) is 15.4 Å². The second-order valence-corrected chi connectivity index (χ2v) is 7.78. The lowest BCUT2D eigenvalue weighted by molar-refractivity contribution is 0.236. The van der Waals surface area contributed by atoms with Gasteiger partial charge in [-0.2, -0.15) is 0 Å². The van der Waals surface area contributed by atoms with Crippen LogP contribution >= 0.6 is 0 Å². The number of benzene rings is 2. The van der Waals surface area contributed by atoms with Crippen LogP contribution in [0, 0.1) is 0 Å². The quantitative estimate of drug-likeness (QED) is 0.436. The normalized spacial score (nSPS) is 10.9. The molecule has 0 aliphatic carbocycles. The molecular formula is C20H27N3O6S. The molecule has 0 aliphatic rings. The molecule has 2 amide bonds. The second-order valence-electron chi connectivity index (χ2n) is 6.01. The summed E-state index contributed by atoms with van der Waals surface area (Å²) < 4.78 is 42.7. The Kier molecular flexibility index (Phi) is 9.23. The molecule has 0 saturated heterocycles. The first kappa shape index (κ1) is 23.3. The monoisotopic (exact) mass is 437 g/mol. The number of hydrogen-bond donors (Lipinski definition) is 3. The van der Waals surface area contributed by atoms with Gasteiger partial charge in [-0.3, -0.25) is 0 Å². The van der Waals surface area contributed by atoms with E-state index in [1.807, 2.05) is 19.1 Å². The lowest BCUT2D eigenvalue weighted by atomic mass is 10.3. The third-order valence-corrected chi connectivity index (χ3v) is 5.34. The Morgan fingerprint density at radius 2 is 1.40 bits per heavy atom. The highest BCUT2D eigenvalue weighted by Gasteiger charge is 2.13. The van der Waals surface area contributed by atoms with Gasteiger partial charge in [-0.05, 0) is 55.5 Å². The van der Waals surface area contributed by atoms with E-state index in [0.717, 1.165) is 5.75 Å². The Labute approximate surface area is 176 Å². The highest BCUT2D eigenvalue weighted by molar-refractivity contribution is 7.89. The van der Waals surface area contributed by atoms with Crippen molar-refractivity contribution in [3.05, 3.63) is 48.5 Å². The van der Waals surface area contributed by atoms with Crippen molar-refractivity contribution >= 4 is 16.1 Å². The van der Waals surface area contributed by atoms with E-state index in [0.29, 0.717) is 31.3 Å². The highest BCUT2D eigenvalue weighted by Crippen LogP contribution is 2.17. The van der Waals surface area contributed by atoms with Crippen LogP contribution in [0.1, 0.15) is 6.92 Å². The fourth-order valence-electron chi connectivity index (χ4n) is 2.39. The number of urea groups is 1.